The predicted molar refractivity (Wildman–Crippen MR) is 79.6 cm³/mol. The summed E-state index contributed by atoms with van der Waals surface area (Å²) in [6.07, 6.45) is 1.29. The summed E-state index contributed by atoms with van der Waals surface area (Å²) in [7, 11) is 1.75. The van der Waals surface area contributed by atoms with Crippen LogP contribution in [0.3, 0.4) is 0 Å². The van der Waals surface area contributed by atoms with Crippen LogP contribution in [0.1, 0.15) is 24.8 Å². The molecule has 2 rings (SSSR count). The quantitative estimate of drug-likeness (QED) is 0.814. The molecule has 1 saturated heterocycles. The largest absolute Gasteiger partial charge is 0.383 e. The van der Waals surface area contributed by atoms with Gasteiger partial charge in [-0.25, -0.2) is 0 Å². The molecular weight excluding hydrogens is 236 g/mol. The van der Waals surface area contributed by atoms with E-state index >= 15 is 0 Å². The van der Waals surface area contributed by atoms with Crippen molar-refractivity contribution in [3.63, 3.8) is 0 Å². The van der Waals surface area contributed by atoms with Crippen molar-refractivity contribution in [2.75, 3.05) is 39.9 Å². The topological polar surface area (TPSA) is 24.5 Å². The summed E-state index contributed by atoms with van der Waals surface area (Å²) in [5, 5.41) is 3.50. The molecule has 1 heterocycles. The number of methoxy groups -OCH3 is 1. The predicted octanol–water partition coefficient (Wildman–Crippen LogP) is 2.10. The molecule has 1 aliphatic rings. The average molecular weight is 262 g/mol. The van der Waals surface area contributed by atoms with E-state index < -0.39 is 0 Å². The number of nitrogens with one attached hydrogen (secondary N) is 1. The van der Waals surface area contributed by atoms with Crippen LogP contribution in [0.15, 0.2) is 30.3 Å². The van der Waals surface area contributed by atoms with Gasteiger partial charge in [0.1, 0.15) is 0 Å². The first-order valence-corrected chi connectivity index (χ1v) is 7.29. The minimum Gasteiger partial charge on any atom is -0.383 e. The molecule has 2 atom stereocenters. The minimum atomic E-state index is 0.442. The Hall–Kier alpha value is -0.900. The van der Waals surface area contributed by atoms with Gasteiger partial charge in [-0.15, -0.1) is 0 Å². The van der Waals surface area contributed by atoms with Crippen LogP contribution >= 0.6 is 0 Å². The van der Waals surface area contributed by atoms with Crippen molar-refractivity contribution in [3.8, 4) is 0 Å². The lowest BCUT2D eigenvalue weighted by Gasteiger charge is -2.18. The van der Waals surface area contributed by atoms with E-state index in [1.54, 1.807) is 7.11 Å². The van der Waals surface area contributed by atoms with Gasteiger partial charge in [-0.3, -0.25) is 0 Å². The highest BCUT2D eigenvalue weighted by Crippen LogP contribution is 2.26. The van der Waals surface area contributed by atoms with E-state index in [1.807, 2.05) is 0 Å². The Bertz CT molecular complexity index is 355. The number of nitrogens with zero attached hydrogens (tertiary/aromatic N) is 1. The first-order chi connectivity index (χ1) is 9.29. The zero-order valence-electron chi connectivity index (χ0n) is 12.1. The van der Waals surface area contributed by atoms with E-state index in [0.29, 0.717) is 6.04 Å². The number of ether oxygens (including phenoxy) is 1. The molecule has 1 aromatic carbocycles. The van der Waals surface area contributed by atoms with Gasteiger partial charge in [0.05, 0.1) is 6.61 Å². The Labute approximate surface area is 116 Å². The van der Waals surface area contributed by atoms with Crippen LogP contribution < -0.4 is 5.32 Å². The smallest absolute Gasteiger partial charge is 0.0613 e. The lowest BCUT2D eigenvalue weighted by atomic mass is 9.99. The molecule has 0 bridgehead atoms. The first-order valence-electron chi connectivity index (χ1n) is 7.29. The average Bonchev–Trinajstić information content (AvgIpc) is 2.89. The summed E-state index contributed by atoms with van der Waals surface area (Å²) in [6, 6.07) is 11.3. The third kappa shape index (κ3) is 4.60. The SMILES string of the molecule is COCC(C)NCCN1CCC(c2ccccc2)C1. The molecule has 1 aromatic rings. The van der Waals surface area contributed by atoms with Gasteiger partial charge in [0, 0.05) is 32.8 Å². The van der Waals surface area contributed by atoms with Crippen LogP contribution in [0.4, 0.5) is 0 Å². The Morgan fingerprint density at radius 1 is 1.37 bits per heavy atom. The molecule has 0 spiro atoms. The third-order valence-electron chi connectivity index (χ3n) is 3.88. The number of hydrogen-bond donors (Lipinski definition) is 1. The normalized spacial score (nSPS) is 21.7. The fraction of sp³-hybridized carbons (Fsp3) is 0.625. The summed E-state index contributed by atoms with van der Waals surface area (Å²) < 4.78 is 5.12. The zero-order chi connectivity index (χ0) is 13.5. The Morgan fingerprint density at radius 2 is 2.16 bits per heavy atom. The molecule has 3 nitrogen and oxygen atoms in total. The number of likely N-dealkylation sites (tertiary alicyclic amines) is 1. The molecule has 0 radical (unpaired) electrons. The molecule has 2 unspecified atom stereocenters. The monoisotopic (exact) mass is 262 g/mol. The first kappa shape index (κ1) is 14.5. The molecule has 1 fully saturated rings. The standard InChI is InChI=1S/C16H26N2O/c1-14(13-19-2)17-9-11-18-10-8-16(12-18)15-6-4-3-5-7-15/h3-7,14,16-17H,8-13H2,1-2H3. The summed E-state index contributed by atoms with van der Waals surface area (Å²) in [6.45, 7) is 7.56. The summed E-state index contributed by atoms with van der Waals surface area (Å²) in [5.41, 5.74) is 1.49. The fourth-order valence-corrected chi connectivity index (χ4v) is 2.81. The number of rotatable bonds is 7. The Balaban J connectivity index is 1.68. The summed E-state index contributed by atoms with van der Waals surface area (Å²) in [4.78, 5) is 2.56. The van der Waals surface area contributed by atoms with Crippen molar-refractivity contribution in [1.29, 1.82) is 0 Å². The molecule has 0 amide bonds. The highest BCUT2D eigenvalue weighted by Gasteiger charge is 2.23. The Kier molecular flexibility index (Phi) is 5.83. The molecule has 19 heavy (non-hydrogen) atoms. The maximum atomic E-state index is 5.12. The van der Waals surface area contributed by atoms with Crippen LogP contribution in [0, 0.1) is 0 Å². The van der Waals surface area contributed by atoms with Gasteiger partial charge in [0.25, 0.3) is 0 Å². The second-order valence-electron chi connectivity index (χ2n) is 5.51. The van der Waals surface area contributed by atoms with E-state index in [2.05, 4.69) is 47.5 Å². The lowest BCUT2D eigenvalue weighted by molar-refractivity contribution is 0.170. The molecule has 0 saturated carbocycles. The van der Waals surface area contributed by atoms with Crippen LogP contribution in [-0.4, -0.2) is 50.8 Å². The maximum Gasteiger partial charge on any atom is 0.0613 e. The van der Waals surface area contributed by atoms with Gasteiger partial charge in [0.2, 0.25) is 0 Å². The molecular formula is C16H26N2O. The minimum absolute atomic E-state index is 0.442. The molecule has 1 N–H and O–H groups in total. The second kappa shape index (κ2) is 7.63. The van der Waals surface area contributed by atoms with Crippen molar-refractivity contribution < 1.29 is 4.74 Å². The van der Waals surface area contributed by atoms with Crippen LogP contribution in [0.5, 0.6) is 0 Å². The van der Waals surface area contributed by atoms with E-state index in [1.165, 1.54) is 25.1 Å². The van der Waals surface area contributed by atoms with Gasteiger partial charge < -0.3 is 15.0 Å². The third-order valence-corrected chi connectivity index (χ3v) is 3.88. The summed E-state index contributed by atoms with van der Waals surface area (Å²) in [5.74, 6) is 0.720. The molecule has 3 heteroatoms. The van der Waals surface area contributed by atoms with Crippen molar-refractivity contribution >= 4 is 0 Å². The highest BCUT2D eigenvalue weighted by molar-refractivity contribution is 5.20. The molecule has 0 aromatic heterocycles. The number of benzene rings is 1. The molecule has 106 valence electrons. The van der Waals surface area contributed by atoms with Crippen LogP contribution in [0.25, 0.3) is 0 Å². The van der Waals surface area contributed by atoms with E-state index in [-0.39, 0.29) is 0 Å². The molecule has 0 aliphatic carbocycles. The Morgan fingerprint density at radius 3 is 2.89 bits per heavy atom. The zero-order valence-corrected chi connectivity index (χ0v) is 12.1. The van der Waals surface area contributed by atoms with E-state index in [0.717, 1.165) is 25.6 Å². The lowest BCUT2D eigenvalue weighted by Crippen LogP contribution is -2.37. The van der Waals surface area contributed by atoms with Gasteiger partial charge in [-0.05, 0) is 31.4 Å². The van der Waals surface area contributed by atoms with Crippen LogP contribution in [0.2, 0.25) is 0 Å². The van der Waals surface area contributed by atoms with Crippen molar-refractivity contribution in [2.45, 2.75) is 25.3 Å². The highest BCUT2D eigenvalue weighted by atomic mass is 16.5. The molecule has 1 aliphatic heterocycles. The van der Waals surface area contributed by atoms with Gasteiger partial charge in [-0.1, -0.05) is 30.3 Å². The fourth-order valence-electron chi connectivity index (χ4n) is 2.81. The number of hydrogen-bond acceptors (Lipinski definition) is 3. The van der Waals surface area contributed by atoms with Gasteiger partial charge in [-0.2, -0.15) is 0 Å². The van der Waals surface area contributed by atoms with Gasteiger partial charge >= 0.3 is 0 Å². The maximum absolute atomic E-state index is 5.12. The van der Waals surface area contributed by atoms with Gasteiger partial charge in [0.15, 0.2) is 0 Å². The van der Waals surface area contributed by atoms with Crippen molar-refractivity contribution in [1.82, 2.24) is 10.2 Å². The van der Waals surface area contributed by atoms with E-state index in [4.69, 9.17) is 4.74 Å². The van der Waals surface area contributed by atoms with Crippen LogP contribution in [-0.2, 0) is 4.74 Å². The second-order valence-corrected chi connectivity index (χ2v) is 5.51. The van der Waals surface area contributed by atoms with E-state index in [9.17, 15) is 0 Å². The van der Waals surface area contributed by atoms with Crippen molar-refractivity contribution in [3.05, 3.63) is 35.9 Å². The van der Waals surface area contributed by atoms with Crippen molar-refractivity contribution in [2.24, 2.45) is 0 Å². The summed E-state index contributed by atoms with van der Waals surface area (Å²) >= 11 is 0.